The molecule has 0 aromatic rings. The van der Waals surface area contributed by atoms with Crippen LogP contribution in [0.25, 0.3) is 0 Å². The summed E-state index contributed by atoms with van der Waals surface area (Å²) < 4.78 is 5.79. The van der Waals surface area contributed by atoms with Crippen LogP contribution in [0, 0.1) is 10.8 Å². The van der Waals surface area contributed by atoms with Crippen molar-refractivity contribution >= 4 is 0 Å². The van der Waals surface area contributed by atoms with Crippen LogP contribution in [-0.4, -0.2) is 12.7 Å². The Bertz CT molecular complexity index is 132. The van der Waals surface area contributed by atoms with Gasteiger partial charge in [-0.3, -0.25) is 0 Å². The van der Waals surface area contributed by atoms with Crippen molar-refractivity contribution < 1.29 is 4.74 Å². The van der Waals surface area contributed by atoms with E-state index in [2.05, 4.69) is 48.5 Å². The van der Waals surface area contributed by atoms with Crippen molar-refractivity contribution in [1.82, 2.24) is 0 Å². The molecule has 0 aliphatic heterocycles. The van der Waals surface area contributed by atoms with Crippen LogP contribution in [0.15, 0.2) is 0 Å². The molecule has 0 aromatic heterocycles. The molecule has 1 nitrogen and oxygen atoms in total. The van der Waals surface area contributed by atoms with Gasteiger partial charge in [0.05, 0.1) is 6.10 Å². The highest BCUT2D eigenvalue weighted by atomic mass is 16.5. The average Bonchev–Trinajstić information content (AvgIpc) is 1.78. The van der Waals surface area contributed by atoms with E-state index in [4.69, 9.17) is 4.74 Å². The highest BCUT2D eigenvalue weighted by molar-refractivity contribution is 4.75. The zero-order valence-electron chi connectivity index (χ0n) is 11.1. The summed E-state index contributed by atoms with van der Waals surface area (Å²) in [5.74, 6) is 0. The second kappa shape index (κ2) is 5.16. The van der Waals surface area contributed by atoms with E-state index in [1.165, 1.54) is 0 Å². The molecule has 0 spiro atoms. The van der Waals surface area contributed by atoms with Gasteiger partial charge in [0.15, 0.2) is 0 Å². The summed E-state index contributed by atoms with van der Waals surface area (Å²) in [6.45, 7) is 16.6. The van der Waals surface area contributed by atoms with Crippen LogP contribution in [-0.2, 0) is 4.74 Å². The van der Waals surface area contributed by atoms with Gasteiger partial charge in [0.2, 0.25) is 0 Å². The number of hydrogen-bond donors (Lipinski definition) is 0. The number of hydrogen-bond acceptors (Lipinski definition) is 1. The lowest BCUT2D eigenvalue weighted by Crippen LogP contribution is -2.26. The van der Waals surface area contributed by atoms with E-state index >= 15 is 0 Å². The van der Waals surface area contributed by atoms with E-state index in [-0.39, 0.29) is 0 Å². The summed E-state index contributed by atoms with van der Waals surface area (Å²) in [5.41, 5.74) is 0.732. The normalized spacial score (nSPS) is 13.7. The van der Waals surface area contributed by atoms with Crippen LogP contribution >= 0.6 is 0 Å². The third-order valence-corrected chi connectivity index (χ3v) is 2.08. The van der Waals surface area contributed by atoms with E-state index in [9.17, 15) is 0 Å². The Morgan fingerprint density at radius 1 is 0.857 bits per heavy atom. The fourth-order valence-corrected chi connectivity index (χ4v) is 1.79. The minimum absolute atomic E-state index is 0.366. The quantitative estimate of drug-likeness (QED) is 0.658. The molecule has 1 heteroatoms. The zero-order valence-corrected chi connectivity index (χ0v) is 11.1. The van der Waals surface area contributed by atoms with Gasteiger partial charge in [0.25, 0.3) is 0 Å². The van der Waals surface area contributed by atoms with E-state index in [0.717, 1.165) is 19.4 Å². The Hall–Kier alpha value is -0.0400. The fourth-order valence-electron chi connectivity index (χ4n) is 1.79. The molecule has 0 unspecified atom stereocenters. The molecule has 0 saturated carbocycles. The lowest BCUT2D eigenvalue weighted by atomic mass is 9.82. The van der Waals surface area contributed by atoms with Gasteiger partial charge in [-0.2, -0.15) is 0 Å². The van der Waals surface area contributed by atoms with Gasteiger partial charge in [0, 0.05) is 6.61 Å². The van der Waals surface area contributed by atoms with Crippen molar-refractivity contribution in [2.45, 2.75) is 67.4 Å². The molecular formula is C13H28O. The topological polar surface area (TPSA) is 9.23 Å². The molecule has 14 heavy (non-hydrogen) atoms. The maximum atomic E-state index is 5.79. The van der Waals surface area contributed by atoms with Gasteiger partial charge in [-0.05, 0) is 30.6 Å². The van der Waals surface area contributed by atoms with Crippen molar-refractivity contribution in [3.05, 3.63) is 0 Å². The third-order valence-electron chi connectivity index (χ3n) is 2.08. The van der Waals surface area contributed by atoms with Crippen LogP contribution in [0.4, 0.5) is 0 Å². The molecule has 0 radical (unpaired) electrons. The minimum atomic E-state index is 0.366. The smallest absolute Gasteiger partial charge is 0.0585 e. The molecule has 0 aliphatic carbocycles. The van der Waals surface area contributed by atoms with Crippen LogP contribution < -0.4 is 0 Å². The monoisotopic (exact) mass is 200 g/mol. The van der Waals surface area contributed by atoms with Crippen molar-refractivity contribution in [1.29, 1.82) is 0 Å². The predicted octanol–water partition coefficient (Wildman–Crippen LogP) is 4.26. The van der Waals surface area contributed by atoms with Crippen molar-refractivity contribution in [2.75, 3.05) is 6.61 Å². The van der Waals surface area contributed by atoms with Crippen molar-refractivity contribution in [3.8, 4) is 0 Å². The largest absolute Gasteiger partial charge is 0.378 e. The third kappa shape index (κ3) is 8.55. The Morgan fingerprint density at radius 3 is 1.43 bits per heavy atom. The highest BCUT2D eigenvalue weighted by Gasteiger charge is 2.23. The molecular weight excluding hydrogens is 172 g/mol. The zero-order chi connectivity index (χ0) is 11.4. The molecule has 0 N–H and O–H groups in total. The first-order chi connectivity index (χ1) is 6.14. The van der Waals surface area contributed by atoms with Gasteiger partial charge in [-0.25, -0.2) is 0 Å². The summed E-state index contributed by atoms with van der Waals surface area (Å²) in [7, 11) is 0. The second-order valence-corrected chi connectivity index (χ2v) is 6.61. The Labute approximate surface area is 90.2 Å². The maximum absolute atomic E-state index is 5.79. The van der Waals surface area contributed by atoms with Crippen LogP contribution in [0.3, 0.4) is 0 Å². The number of rotatable bonds is 4. The van der Waals surface area contributed by atoms with Gasteiger partial charge in [-0.1, -0.05) is 41.5 Å². The Balaban J connectivity index is 4.16. The highest BCUT2D eigenvalue weighted by Crippen LogP contribution is 2.30. The fraction of sp³-hybridized carbons (Fsp3) is 1.00. The molecule has 0 heterocycles. The molecule has 0 saturated heterocycles. The molecule has 0 amide bonds. The number of ether oxygens (including phenoxy) is 1. The van der Waals surface area contributed by atoms with Crippen LogP contribution in [0.5, 0.6) is 0 Å². The van der Waals surface area contributed by atoms with Crippen molar-refractivity contribution in [3.63, 3.8) is 0 Å². The van der Waals surface area contributed by atoms with Gasteiger partial charge >= 0.3 is 0 Å². The van der Waals surface area contributed by atoms with Crippen molar-refractivity contribution in [2.24, 2.45) is 10.8 Å². The molecule has 86 valence electrons. The van der Waals surface area contributed by atoms with Crippen LogP contribution in [0.1, 0.15) is 61.3 Å². The van der Waals surface area contributed by atoms with E-state index < -0.39 is 0 Å². The summed E-state index contributed by atoms with van der Waals surface area (Å²) in [6, 6.07) is 0. The lowest BCUT2D eigenvalue weighted by molar-refractivity contribution is 0.00803. The van der Waals surface area contributed by atoms with Crippen LogP contribution in [0.2, 0.25) is 0 Å². The minimum Gasteiger partial charge on any atom is -0.378 e. The van der Waals surface area contributed by atoms with E-state index in [1.807, 2.05) is 0 Å². The second-order valence-electron chi connectivity index (χ2n) is 6.61. The standard InChI is InChI=1S/C13H28O/c1-8-14-11(9-12(2,3)4)10-13(5,6)7/h11H,8-10H2,1-7H3. The maximum Gasteiger partial charge on any atom is 0.0585 e. The van der Waals surface area contributed by atoms with Gasteiger partial charge < -0.3 is 4.74 Å². The molecule has 0 aliphatic rings. The first-order valence-electron chi connectivity index (χ1n) is 5.76. The molecule has 0 atom stereocenters. The Kier molecular flexibility index (Phi) is 5.14. The SMILES string of the molecule is CCOC(CC(C)(C)C)CC(C)(C)C. The first kappa shape index (κ1) is 14.0. The van der Waals surface area contributed by atoms with E-state index in [0.29, 0.717) is 16.9 Å². The molecule has 0 bridgehead atoms. The van der Waals surface area contributed by atoms with Gasteiger partial charge in [0.1, 0.15) is 0 Å². The average molecular weight is 200 g/mol. The summed E-state index contributed by atoms with van der Waals surface area (Å²) in [6.07, 6.45) is 2.72. The molecule has 0 rings (SSSR count). The predicted molar refractivity (Wildman–Crippen MR) is 63.6 cm³/mol. The molecule has 0 fully saturated rings. The lowest BCUT2D eigenvalue weighted by Gasteiger charge is -2.30. The first-order valence-corrected chi connectivity index (χ1v) is 5.76. The van der Waals surface area contributed by atoms with Gasteiger partial charge in [-0.15, -0.1) is 0 Å². The summed E-state index contributed by atoms with van der Waals surface area (Å²) in [5, 5.41) is 0. The molecule has 0 aromatic carbocycles. The summed E-state index contributed by atoms with van der Waals surface area (Å²) >= 11 is 0. The summed E-state index contributed by atoms with van der Waals surface area (Å²) in [4.78, 5) is 0. The van der Waals surface area contributed by atoms with E-state index in [1.54, 1.807) is 0 Å². The Morgan fingerprint density at radius 2 is 1.21 bits per heavy atom.